The van der Waals surface area contributed by atoms with Crippen molar-refractivity contribution in [3.05, 3.63) is 107 Å². The van der Waals surface area contributed by atoms with Gasteiger partial charge in [0, 0.05) is 22.9 Å². The van der Waals surface area contributed by atoms with Crippen molar-refractivity contribution in [1.82, 2.24) is 0 Å². The van der Waals surface area contributed by atoms with Gasteiger partial charge in [-0.2, -0.15) is 0 Å². The molecule has 29 heavy (non-hydrogen) atoms. The number of benzene rings is 3. The van der Waals surface area contributed by atoms with Gasteiger partial charge < -0.3 is 10.6 Å². The van der Waals surface area contributed by atoms with Crippen molar-refractivity contribution in [3.63, 3.8) is 0 Å². The number of hydrogen-bond acceptors (Lipinski definition) is 2. The number of allylic oxidation sites excluding steroid dienone is 2. The van der Waals surface area contributed by atoms with Gasteiger partial charge in [-0.25, -0.2) is 0 Å². The lowest BCUT2D eigenvalue weighted by molar-refractivity contribution is 0.102. The lowest BCUT2D eigenvalue weighted by Gasteiger charge is -2.38. The predicted molar refractivity (Wildman–Crippen MR) is 118 cm³/mol. The SMILES string of the molecule is Cc1ccccc1C1Nc2ccc(NC(=O)c3ccccc3)cc2C2C=CCC21. The molecule has 144 valence electrons. The molecule has 0 spiro atoms. The lowest BCUT2D eigenvalue weighted by Crippen LogP contribution is -2.29. The first-order chi connectivity index (χ1) is 14.2. The third kappa shape index (κ3) is 3.23. The Hall–Kier alpha value is -3.33. The molecule has 3 aromatic carbocycles. The van der Waals surface area contributed by atoms with Gasteiger partial charge >= 0.3 is 0 Å². The minimum atomic E-state index is -0.0781. The summed E-state index contributed by atoms with van der Waals surface area (Å²) in [6.07, 6.45) is 5.70. The van der Waals surface area contributed by atoms with Gasteiger partial charge in [0.2, 0.25) is 0 Å². The van der Waals surface area contributed by atoms with Crippen molar-refractivity contribution >= 4 is 17.3 Å². The standard InChI is InChI=1S/C26H24N2O/c1-17-8-5-6-11-20(17)25-22-13-7-12-21(22)23-16-19(14-15-24(23)28-25)27-26(29)18-9-3-2-4-10-18/h2-12,14-16,21-22,25,28H,13H2,1H3,(H,27,29). The van der Waals surface area contributed by atoms with Crippen LogP contribution in [0, 0.1) is 12.8 Å². The molecular weight excluding hydrogens is 356 g/mol. The number of aryl methyl sites for hydroxylation is 1. The summed E-state index contributed by atoms with van der Waals surface area (Å²) in [5.41, 5.74) is 6.63. The third-order valence-corrected chi connectivity index (χ3v) is 6.18. The van der Waals surface area contributed by atoms with Gasteiger partial charge in [0.1, 0.15) is 0 Å². The van der Waals surface area contributed by atoms with Crippen LogP contribution in [0.5, 0.6) is 0 Å². The molecule has 1 aliphatic carbocycles. The summed E-state index contributed by atoms with van der Waals surface area (Å²) in [5, 5.41) is 6.83. The zero-order valence-electron chi connectivity index (χ0n) is 16.4. The molecule has 1 heterocycles. The van der Waals surface area contributed by atoms with Crippen LogP contribution < -0.4 is 10.6 Å². The summed E-state index contributed by atoms with van der Waals surface area (Å²) in [6.45, 7) is 2.19. The Kier molecular flexibility index (Phi) is 4.44. The van der Waals surface area contributed by atoms with Gasteiger partial charge in [-0.05, 0) is 66.3 Å². The van der Waals surface area contributed by atoms with E-state index in [9.17, 15) is 4.79 Å². The summed E-state index contributed by atoms with van der Waals surface area (Å²) < 4.78 is 0. The fourth-order valence-electron chi connectivity index (χ4n) is 4.71. The average Bonchev–Trinajstić information content (AvgIpc) is 3.25. The van der Waals surface area contributed by atoms with E-state index in [0.717, 1.165) is 17.8 Å². The highest BCUT2D eigenvalue weighted by molar-refractivity contribution is 6.04. The highest BCUT2D eigenvalue weighted by Gasteiger charge is 2.38. The molecule has 3 heteroatoms. The van der Waals surface area contributed by atoms with E-state index < -0.39 is 0 Å². The Morgan fingerprint density at radius 2 is 1.76 bits per heavy atom. The van der Waals surface area contributed by atoms with Crippen molar-refractivity contribution in [2.45, 2.75) is 25.3 Å². The van der Waals surface area contributed by atoms with Crippen LogP contribution in [-0.4, -0.2) is 5.91 Å². The van der Waals surface area contributed by atoms with Crippen LogP contribution in [0.1, 0.15) is 45.4 Å². The fourth-order valence-corrected chi connectivity index (χ4v) is 4.71. The molecule has 1 amide bonds. The van der Waals surface area contributed by atoms with Gasteiger partial charge in [-0.1, -0.05) is 54.6 Å². The summed E-state index contributed by atoms with van der Waals surface area (Å²) in [7, 11) is 0. The number of fused-ring (bicyclic) bond motifs is 3. The minimum Gasteiger partial charge on any atom is -0.378 e. The number of carbonyl (C=O) groups is 1. The van der Waals surface area contributed by atoms with E-state index in [0.29, 0.717) is 23.4 Å². The second-order valence-electron chi connectivity index (χ2n) is 7.95. The Bertz CT molecular complexity index is 1090. The monoisotopic (exact) mass is 380 g/mol. The predicted octanol–water partition coefficient (Wildman–Crippen LogP) is 6.07. The molecule has 3 nitrogen and oxygen atoms in total. The molecule has 0 aromatic heterocycles. The highest BCUT2D eigenvalue weighted by atomic mass is 16.1. The average molecular weight is 380 g/mol. The molecule has 3 unspecified atom stereocenters. The maximum Gasteiger partial charge on any atom is 0.255 e. The first-order valence-electron chi connectivity index (χ1n) is 10.2. The number of carbonyl (C=O) groups excluding carboxylic acids is 1. The molecule has 0 bridgehead atoms. The van der Waals surface area contributed by atoms with Gasteiger partial charge in [0.25, 0.3) is 5.91 Å². The molecule has 0 radical (unpaired) electrons. The molecule has 0 saturated carbocycles. The second kappa shape index (κ2) is 7.25. The normalized spacial score (nSPS) is 21.8. The third-order valence-electron chi connectivity index (χ3n) is 6.18. The quantitative estimate of drug-likeness (QED) is 0.541. The molecule has 3 atom stereocenters. The van der Waals surface area contributed by atoms with E-state index in [4.69, 9.17) is 0 Å². The van der Waals surface area contributed by atoms with E-state index in [1.165, 1.54) is 16.7 Å². The largest absolute Gasteiger partial charge is 0.378 e. The van der Waals surface area contributed by atoms with Crippen LogP contribution in [0.25, 0.3) is 0 Å². The van der Waals surface area contributed by atoms with Crippen molar-refractivity contribution in [3.8, 4) is 0 Å². The number of amides is 1. The van der Waals surface area contributed by atoms with Gasteiger partial charge in [0.05, 0.1) is 6.04 Å². The fraction of sp³-hybridized carbons (Fsp3) is 0.192. The Morgan fingerprint density at radius 3 is 2.59 bits per heavy atom. The highest BCUT2D eigenvalue weighted by Crippen LogP contribution is 2.50. The second-order valence-corrected chi connectivity index (χ2v) is 7.95. The maximum atomic E-state index is 12.5. The van der Waals surface area contributed by atoms with Gasteiger partial charge in [-0.3, -0.25) is 4.79 Å². The van der Waals surface area contributed by atoms with Crippen LogP contribution in [0.2, 0.25) is 0 Å². The smallest absolute Gasteiger partial charge is 0.255 e. The molecule has 0 saturated heterocycles. The van der Waals surface area contributed by atoms with Gasteiger partial charge in [0.15, 0.2) is 0 Å². The number of nitrogens with one attached hydrogen (secondary N) is 2. The maximum absolute atomic E-state index is 12.5. The Balaban J connectivity index is 1.46. The van der Waals surface area contributed by atoms with Gasteiger partial charge in [-0.15, -0.1) is 0 Å². The van der Waals surface area contributed by atoms with E-state index in [2.05, 4.69) is 66.1 Å². The van der Waals surface area contributed by atoms with E-state index in [1.807, 2.05) is 36.4 Å². The van der Waals surface area contributed by atoms with Crippen LogP contribution in [0.3, 0.4) is 0 Å². The molecule has 2 N–H and O–H groups in total. The molecule has 1 aliphatic heterocycles. The lowest BCUT2D eigenvalue weighted by atomic mass is 9.76. The van der Waals surface area contributed by atoms with Crippen LogP contribution >= 0.6 is 0 Å². The molecular formula is C26H24N2O. The number of hydrogen-bond donors (Lipinski definition) is 2. The molecule has 5 rings (SSSR count). The summed E-state index contributed by atoms with van der Waals surface area (Å²) in [5.74, 6) is 0.777. The molecule has 0 fully saturated rings. The van der Waals surface area contributed by atoms with E-state index in [1.54, 1.807) is 0 Å². The van der Waals surface area contributed by atoms with Crippen molar-refractivity contribution in [2.75, 3.05) is 10.6 Å². The van der Waals surface area contributed by atoms with Crippen molar-refractivity contribution in [1.29, 1.82) is 0 Å². The van der Waals surface area contributed by atoms with Crippen molar-refractivity contribution < 1.29 is 4.79 Å². The van der Waals surface area contributed by atoms with Crippen LogP contribution in [0.4, 0.5) is 11.4 Å². The first-order valence-corrected chi connectivity index (χ1v) is 10.2. The van der Waals surface area contributed by atoms with Crippen LogP contribution in [0.15, 0.2) is 84.9 Å². The number of anilines is 2. The first kappa shape index (κ1) is 17.7. The van der Waals surface area contributed by atoms with E-state index in [-0.39, 0.29) is 5.91 Å². The number of rotatable bonds is 3. The minimum absolute atomic E-state index is 0.0781. The Labute approximate surface area is 171 Å². The topological polar surface area (TPSA) is 41.1 Å². The molecule has 2 aliphatic rings. The van der Waals surface area contributed by atoms with E-state index >= 15 is 0 Å². The Morgan fingerprint density at radius 1 is 0.966 bits per heavy atom. The summed E-state index contributed by atoms with van der Waals surface area (Å²) >= 11 is 0. The molecule has 3 aromatic rings. The zero-order chi connectivity index (χ0) is 19.8. The summed E-state index contributed by atoms with van der Waals surface area (Å²) in [6, 6.07) is 24.5. The van der Waals surface area contributed by atoms with Crippen LogP contribution in [-0.2, 0) is 0 Å². The summed E-state index contributed by atoms with van der Waals surface area (Å²) in [4.78, 5) is 12.5. The van der Waals surface area contributed by atoms with Crippen molar-refractivity contribution in [2.24, 2.45) is 5.92 Å². The zero-order valence-corrected chi connectivity index (χ0v) is 16.4.